The van der Waals surface area contributed by atoms with E-state index < -0.39 is 30.6 Å². The van der Waals surface area contributed by atoms with Gasteiger partial charge in [0.1, 0.15) is 52.6 Å². The van der Waals surface area contributed by atoms with Gasteiger partial charge in [0.25, 0.3) is 0 Å². The molecule has 6 aromatic carbocycles. The summed E-state index contributed by atoms with van der Waals surface area (Å²) in [4.78, 5) is 45.3. The number of hydrogen-bond donors (Lipinski definition) is 4. The van der Waals surface area contributed by atoms with E-state index in [4.69, 9.17) is 42.7 Å². The highest BCUT2D eigenvalue weighted by Gasteiger charge is 2.26. The van der Waals surface area contributed by atoms with E-state index in [9.17, 15) is 19.5 Å². The Kier molecular flexibility index (Phi) is 21.0. The zero-order valence-corrected chi connectivity index (χ0v) is 43.2. The van der Waals surface area contributed by atoms with E-state index in [1.807, 2.05) is 106 Å². The fourth-order valence-electron chi connectivity index (χ4n) is 7.38. The van der Waals surface area contributed by atoms with Crippen molar-refractivity contribution in [1.82, 2.24) is 20.2 Å². The Bertz CT molecular complexity index is 3040. The third-order valence-electron chi connectivity index (χ3n) is 11.7. The molecule has 2 aromatic heterocycles. The molecule has 0 aliphatic heterocycles. The predicted molar refractivity (Wildman–Crippen MR) is 285 cm³/mol. The molecule has 0 bridgehead atoms. The number of carbonyl (C=O) groups is 3. The summed E-state index contributed by atoms with van der Waals surface area (Å²) in [6.45, 7) is 7.77. The van der Waals surface area contributed by atoms with Crippen molar-refractivity contribution in [3.8, 4) is 57.4 Å². The van der Waals surface area contributed by atoms with Crippen LogP contribution in [0.4, 0.5) is 4.79 Å². The first-order valence-corrected chi connectivity index (χ1v) is 24.3. The van der Waals surface area contributed by atoms with Crippen LogP contribution in [0.25, 0.3) is 22.9 Å². The van der Waals surface area contributed by atoms with Crippen molar-refractivity contribution in [3.05, 3.63) is 192 Å². The van der Waals surface area contributed by atoms with Gasteiger partial charge in [0.2, 0.25) is 11.8 Å². The molecule has 0 unspecified atom stereocenters. The Morgan fingerprint density at radius 2 is 0.987 bits per heavy atom. The van der Waals surface area contributed by atoms with Gasteiger partial charge in [-0.05, 0) is 136 Å². The monoisotopic (exact) mass is 1030 g/mol. The van der Waals surface area contributed by atoms with Crippen LogP contribution in [0, 0.1) is 13.8 Å². The second-order valence-electron chi connectivity index (χ2n) is 17.0. The number of hydrogen-bond acceptors (Lipinski definition) is 14. The molecule has 0 saturated carbocycles. The third kappa shape index (κ3) is 17.3. The molecule has 0 fully saturated rings. The van der Waals surface area contributed by atoms with E-state index in [0.29, 0.717) is 49.3 Å². The molecular weight excluding hydrogens is 973 g/mol. The Morgan fingerprint density at radius 3 is 1.42 bits per heavy atom. The van der Waals surface area contributed by atoms with Crippen molar-refractivity contribution in [2.75, 3.05) is 40.5 Å². The SMILES string of the molecule is COc1ccc(O)cc1.COc1ccc(OC(=O)N(CC(=O)O)[C@@H](C)c2ccc(OCCc3nc(-c4ccccc4)oc3C)cc2)cc1.Cc1oc(-c2ccccc2)nc1CCOc1ccc([C@H](C)NCC(=O)O)cc1. The zero-order chi connectivity index (χ0) is 54.4. The maximum atomic E-state index is 12.9. The number of rotatable bonds is 21. The smallest absolute Gasteiger partial charge is 0.416 e. The number of carbonyl (C=O) groups excluding carboxylic acids is 1. The second kappa shape index (κ2) is 28.4. The number of ether oxygens (including phenoxy) is 5. The quantitative estimate of drug-likeness (QED) is 0.0525. The minimum Gasteiger partial charge on any atom is -0.508 e. The Labute approximate surface area is 441 Å². The topological polar surface area (TPSA) is 225 Å². The molecule has 76 heavy (non-hydrogen) atoms. The lowest BCUT2D eigenvalue weighted by Crippen LogP contribution is -2.39. The van der Waals surface area contributed by atoms with Crippen LogP contribution >= 0.6 is 0 Å². The summed E-state index contributed by atoms with van der Waals surface area (Å²) >= 11 is 0. The van der Waals surface area contributed by atoms with Crippen molar-refractivity contribution in [2.24, 2.45) is 0 Å². The third-order valence-corrected chi connectivity index (χ3v) is 11.7. The highest BCUT2D eigenvalue weighted by Crippen LogP contribution is 2.27. The van der Waals surface area contributed by atoms with E-state index in [1.54, 1.807) is 86.8 Å². The Morgan fingerprint density at radius 1 is 0.566 bits per heavy atom. The van der Waals surface area contributed by atoms with Crippen molar-refractivity contribution in [2.45, 2.75) is 52.6 Å². The number of aromatic hydroxyl groups is 1. The molecule has 17 nitrogen and oxygen atoms in total. The van der Waals surface area contributed by atoms with E-state index in [0.717, 1.165) is 61.6 Å². The summed E-state index contributed by atoms with van der Waals surface area (Å²) in [6, 6.07) is 46.8. The molecule has 17 heteroatoms. The number of amides is 1. The number of methoxy groups -OCH3 is 2. The highest BCUT2D eigenvalue weighted by atomic mass is 16.6. The predicted octanol–water partition coefficient (Wildman–Crippen LogP) is 11.3. The van der Waals surface area contributed by atoms with Gasteiger partial charge in [-0.3, -0.25) is 14.5 Å². The molecule has 396 valence electrons. The van der Waals surface area contributed by atoms with Crippen LogP contribution in [0.5, 0.6) is 34.5 Å². The number of carboxylic acid groups (broad SMARTS) is 2. The first-order valence-electron chi connectivity index (χ1n) is 24.3. The van der Waals surface area contributed by atoms with Gasteiger partial charge in [-0.25, -0.2) is 14.8 Å². The van der Waals surface area contributed by atoms with Crippen molar-refractivity contribution in [1.29, 1.82) is 0 Å². The molecular formula is C59H62N4O13. The lowest BCUT2D eigenvalue weighted by Gasteiger charge is -2.27. The molecule has 8 aromatic rings. The van der Waals surface area contributed by atoms with E-state index >= 15 is 0 Å². The van der Waals surface area contributed by atoms with Gasteiger partial charge in [0.05, 0.1) is 51.4 Å². The summed E-state index contributed by atoms with van der Waals surface area (Å²) in [7, 11) is 3.12. The van der Waals surface area contributed by atoms with Gasteiger partial charge in [0, 0.05) is 30.0 Å². The number of aromatic nitrogens is 2. The lowest BCUT2D eigenvalue weighted by atomic mass is 10.1. The average Bonchev–Trinajstić information content (AvgIpc) is 4.01. The molecule has 8 rings (SSSR count). The molecule has 0 saturated heterocycles. The maximum absolute atomic E-state index is 12.9. The standard InChI is InChI=1S/C30H30N2O7.C22H24N2O4.C7H8O2/c1-20(32(19-28(33)34)30(35)39-26-15-13-24(36-3)14-16-26)22-9-11-25(12-10-22)37-18-17-27-21(2)38-29(31-27)23-7-5-4-6-8-23;1-15(23-14-21(25)26)17-8-10-19(11-9-17)27-13-12-20-16(2)28-22(24-20)18-6-4-3-5-7-18;1-9-7-4-2-6(8)3-5-7/h4-16,20H,17-19H2,1-3H3,(H,33,34);3-11,15,23H,12-14H2,1-2H3,(H,25,26);2-5,8H,1H3/t20-;15-;/m00./s1. The molecule has 2 heterocycles. The molecule has 0 spiro atoms. The van der Waals surface area contributed by atoms with Gasteiger partial charge in [0.15, 0.2) is 0 Å². The molecule has 0 radical (unpaired) electrons. The number of benzene rings is 6. The Balaban J connectivity index is 0.000000219. The number of phenols is 1. The highest BCUT2D eigenvalue weighted by molar-refractivity contribution is 5.78. The number of phenolic OH excluding ortho intramolecular Hbond substituents is 1. The number of oxazole rings is 2. The molecule has 1 amide bonds. The van der Waals surface area contributed by atoms with E-state index in [1.165, 1.54) is 7.11 Å². The average molecular weight is 1040 g/mol. The summed E-state index contributed by atoms with van der Waals surface area (Å²) in [5.41, 5.74) is 5.34. The molecule has 0 aliphatic carbocycles. The van der Waals surface area contributed by atoms with Crippen molar-refractivity contribution < 1.29 is 62.2 Å². The summed E-state index contributed by atoms with van der Waals surface area (Å²) in [5.74, 6) is 4.06. The first-order chi connectivity index (χ1) is 36.7. The zero-order valence-electron chi connectivity index (χ0n) is 43.2. The van der Waals surface area contributed by atoms with Crippen LogP contribution in [-0.2, 0) is 22.4 Å². The summed E-state index contributed by atoms with van der Waals surface area (Å²) < 4.78 is 38.7. The minimum atomic E-state index is -1.15. The van der Waals surface area contributed by atoms with E-state index in [-0.39, 0.29) is 24.1 Å². The first kappa shape index (κ1) is 56.2. The van der Waals surface area contributed by atoms with Gasteiger partial charge >= 0.3 is 18.0 Å². The molecule has 0 aliphatic rings. The van der Waals surface area contributed by atoms with Crippen LogP contribution in [0.3, 0.4) is 0 Å². The van der Waals surface area contributed by atoms with Gasteiger partial charge in [-0.1, -0.05) is 60.7 Å². The second-order valence-corrected chi connectivity index (χ2v) is 17.0. The Hall–Kier alpha value is -9.09. The van der Waals surface area contributed by atoms with Gasteiger partial charge in [-0.2, -0.15) is 0 Å². The van der Waals surface area contributed by atoms with Crippen LogP contribution in [-0.4, -0.2) is 88.7 Å². The number of aryl methyl sites for hydroxylation is 2. The number of aliphatic carboxylic acids is 2. The van der Waals surface area contributed by atoms with Crippen LogP contribution in [0.2, 0.25) is 0 Å². The lowest BCUT2D eigenvalue weighted by molar-refractivity contribution is -0.138. The number of carboxylic acids is 2. The van der Waals surface area contributed by atoms with Gasteiger partial charge in [-0.15, -0.1) is 0 Å². The fourth-order valence-corrected chi connectivity index (χ4v) is 7.38. The number of nitrogens with one attached hydrogen (secondary N) is 1. The van der Waals surface area contributed by atoms with Gasteiger partial charge < -0.3 is 53.2 Å². The van der Waals surface area contributed by atoms with E-state index in [2.05, 4.69) is 15.3 Å². The summed E-state index contributed by atoms with van der Waals surface area (Å²) in [5, 5.41) is 29.9. The van der Waals surface area contributed by atoms with Crippen molar-refractivity contribution >= 4 is 18.0 Å². The van der Waals surface area contributed by atoms with Crippen LogP contribution in [0.1, 0.15) is 60.0 Å². The normalized spacial score (nSPS) is 11.3. The van der Waals surface area contributed by atoms with Crippen LogP contribution in [0.15, 0.2) is 167 Å². The summed E-state index contributed by atoms with van der Waals surface area (Å²) in [6.07, 6.45) is 0.456. The fraction of sp³-hybridized carbons (Fsp3) is 0.237. The maximum Gasteiger partial charge on any atom is 0.416 e. The minimum absolute atomic E-state index is 0.0423. The largest absolute Gasteiger partial charge is 0.508 e. The molecule has 4 N–H and O–H groups in total. The van der Waals surface area contributed by atoms with Crippen LogP contribution < -0.4 is 29.0 Å². The number of nitrogens with zero attached hydrogens (tertiary/aromatic N) is 3. The molecule has 2 atom stereocenters. The van der Waals surface area contributed by atoms with Crippen molar-refractivity contribution in [3.63, 3.8) is 0 Å².